The fourth-order valence-corrected chi connectivity index (χ4v) is 2.54. The minimum Gasteiger partial charge on any atom is -0.478 e. The zero-order valence-corrected chi connectivity index (χ0v) is 11.6. The Balaban J connectivity index is 2.04. The van der Waals surface area contributed by atoms with E-state index in [2.05, 4.69) is 21.8 Å². The molecule has 1 aromatic heterocycles. The van der Waals surface area contributed by atoms with Gasteiger partial charge in [-0.25, -0.2) is 14.8 Å². The lowest BCUT2D eigenvalue weighted by atomic mass is 10.1. The van der Waals surface area contributed by atoms with E-state index in [1.807, 2.05) is 7.05 Å². The normalized spacial score (nSPS) is 16.1. The summed E-state index contributed by atoms with van der Waals surface area (Å²) in [5.74, 6) is 0.668. The molecule has 0 spiro atoms. The zero-order chi connectivity index (χ0) is 14.3. The Morgan fingerprint density at radius 2 is 2.15 bits per heavy atom. The molecule has 104 valence electrons. The summed E-state index contributed by atoms with van der Waals surface area (Å²) in [5, 5.41) is 9.93. The van der Waals surface area contributed by atoms with Crippen LogP contribution in [-0.2, 0) is 0 Å². The van der Waals surface area contributed by atoms with Crippen molar-refractivity contribution in [3.63, 3.8) is 0 Å². The van der Waals surface area contributed by atoms with E-state index in [-0.39, 0.29) is 5.56 Å². The second-order valence-corrected chi connectivity index (χ2v) is 5.42. The molecule has 1 aromatic carbocycles. The molecule has 5 nitrogen and oxygen atoms in total. The van der Waals surface area contributed by atoms with Crippen LogP contribution in [0.2, 0.25) is 0 Å². The maximum absolute atomic E-state index is 11.0. The van der Waals surface area contributed by atoms with Crippen LogP contribution in [-0.4, -0.2) is 34.1 Å². The van der Waals surface area contributed by atoms with Gasteiger partial charge in [0.25, 0.3) is 0 Å². The monoisotopic (exact) mass is 271 g/mol. The molecule has 1 saturated carbocycles. The van der Waals surface area contributed by atoms with Gasteiger partial charge in [0.05, 0.1) is 11.1 Å². The zero-order valence-electron chi connectivity index (χ0n) is 11.6. The Morgan fingerprint density at radius 3 is 2.80 bits per heavy atom. The van der Waals surface area contributed by atoms with Gasteiger partial charge in [-0.05, 0) is 43.9 Å². The molecule has 0 bridgehead atoms. The molecular formula is C15H17N3O2. The van der Waals surface area contributed by atoms with Gasteiger partial charge in [-0.2, -0.15) is 0 Å². The van der Waals surface area contributed by atoms with Crippen LogP contribution in [0.1, 0.15) is 30.1 Å². The highest BCUT2D eigenvalue weighted by Gasteiger charge is 2.31. The van der Waals surface area contributed by atoms with Crippen molar-refractivity contribution in [2.24, 2.45) is 5.92 Å². The molecule has 2 aromatic rings. The van der Waals surface area contributed by atoms with Crippen molar-refractivity contribution in [2.45, 2.75) is 25.8 Å². The van der Waals surface area contributed by atoms with Crippen molar-refractivity contribution in [2.75, 3.05) is 11.9 Å². The van der Waals surface area contributed by atoms with Crippen LogP contribution in [0.15, 0.2) is 24.5 Å². The van der Waals surface area contributed by atoms with Gasteiger partial charge < -0.3 is 10.0 Å². The number of aromatic nitrogens is 2. The van der Waals surface area contributed by atoms with E-state index in [0.29, 0.717) is 11.6 Å². The maximum atomic E-state index is 11.0. The number of aromatic carboxylic acids is 1. The second kappa shape index (κ2) is 4.74. The first-order chi connectivity index (χ1) is 9.58. The van der Waals surface area contributed by atoms with Crippen molar-refractivity contribution >= 4 is 22.7 Å². The minimum absolute atomic E-state index is 0.250. The van der Waals surface area contributed by atoms with Crippen LogP contribution in [0, 0.1) is 5.92 Å². The molecule has 3 rings (SSSR count). The fraction of sp³-hybridized carbons (Fsp3) is 0.400. The Kier molecular flexibility index (Phi) is 3.04. The van der Waals surface area contributed by atoms with Crippen molar-refractivity contribution in [3.05, 3.63) is 30.1 Å². The van der Waals surface area contributed by atoms with Gasteiger partial charge in [0.1, 0.15) is 12.1 Å². The van der Waals surface area contributed by atoms with E-state index >= 15 is 0 Å². The molecule has 0 aliphatic heterocycles. The van der Waals surface area contributed by atoms with Gasteiger partial charge in [-0.1, -0.05) is 0 Å². The number of carboxylic acids is 1. The van der Waals surface area contributed by atoms with Gasteiger partial charge in [-0.3, -0.25) is 0 Å². The van der Waals surface area contributed by atoms with Crippen molar-refractivity contribution in [1.29, 1.82) is 0 Å². The number of hydrogen-bond acceptors (Lipinski definition) is 4. The van der Waals surface area contributed by atoms with Crippen LogP contribution >= 0.6 is 0 Å². The molecule has 1 heterocycles. The summed E-state index contributed by atoms with van der Waals surface area (Å²) >= 11 is 0. The predicted octanol–water partition coefficient (Wildman–Crippen LogP) is 2.56. The smallest absolute Gasteiger partial charge is 0.335 e. The third-order valence-corrected chi connectivity index (χ3v) is 4.11. The number of rotatable bonds is 4. The molecule has 5 heteroatoms. The first-order valence-electron chi connectivity index (χ1n) is 6.79. The molecular weight excluding hydrogens is 254 g/mol. The van der Waals surface area contributed by atoms with Crippen LogP contribution in [0.4, 0.5) is 5.82 Å². The van der Waals surface area contributed by atoms with Crippen LogP contribution in [0.25, 0.3) is 10.9 Å². The molecule has 0 radical (unpaired) electrons. The van der Waals surface area contributed by atoms with Crippen LogP contribution in [0.5, 0.6) is 0 Å². The summed E-state index contributed by atoms with van der Waals surface area (Å²) in [6.45, 7) is 2.21. The highest BCUT2D eigenvalue weighted by Crippen LogP contribution is 2.37. The lowest BCUT2D eigenvalue weighted by Crippen LogP contribution is -2.31. The predicted molar refractivity (Wildman–Crippen MR) is 77.1 cm³/mol. The van der Waals surface area contributed by atoms with Gasteiger partial charge in [0.2, 0.25) is 0 Å². The third-order valence-electron chi connectivity index (χ3n) is 4.11. The Hall–Kier alpha value is -2.17. The number of anilines is 1. The molecule has 0 amide bonds. The Labute approximate surface area is 117 Å². The Morgan fingerprint density at radius 1 is 1.40 bits per heavy atom. The summed E-state index contributed by atoms with van der Waals surface area (Å²) in [5.41, 5.74) is 0.921. The summed E-state index contributed by atoms with van der Waals surface area (Å²) in [4.78, 5) is 21.8. The number of hydrogen-bond donors (Lipinski definition) is 1. The fourth-order valence-electron chi connectivity index (χ4n) is 2.54. The molecule has 0 saturated heterocycles. The van der Waals surface area contributed by atoms with Gasteiger partial charge in [0, 0.05) is 18.5 Å². The number of nitrogens with zero attached hydrogens (tertiary/aromatic N) is 3. The molecule has 1 unspecified atom stereocenters. The first kappa shape index (κ1) is 12.8. The highest BCUT2D eigenvalue weighted by atomic mass is 16.4. The topological polar surface area (TPSA) is 66.3 Å². The summed E-state index contributed by atoms with van der Waals surface area (Å²) in [6.07, 6.45) is 4.05. The largest absolute Gasteiger partial charge is 0.478 e. The standard InChI is InChI=1S/C15H17N3O2/c1-9(10-3-4-10)18(2)14-12-6-5-11(15(19)20)7-13(12)16-8-17-14/h5-10H,3-4H2,1-2H3,(H,19,20). The van der Waals surface area contributed by atoms with Gasteiger partial charge >= 0.3 is 5.97 Å². The van der Waals surface area contributed by atoms with Gasteiger partial charge in [-0.15, -0.1) is 0 Å². The van der Waals surface area contributed by atoms with E-state index < -0.39 is 5.97 Å². The average Bonchev–Trinajstić information content (AvgIpc) is 3.29. The van der Waals surface area contributed by atoms with E-state index in [1.165, 1.54) is 19.2 Å². The van der Waals surface area contributed by atoms with Gasteiger partial charge in [0.15, 0.2) is 0 Å². The average molecular weight is 271 g/mol. The number of fused-ring (bicyclic) bond motifs is 1. The maximum Gasteiger partial charge on any atom is 0.335 e. The number of carboxylic acid groups (broad SMARTS) is 1. The highest BCUT2D eigenvalue weighted by molar-refractivity contribution is 5.96. The number of carbonyl (C=O) groups is 1. The minimum atomic E-state index is -0.938. The molecule has 1 atom stereocenters. The third kappa shape index (κ3) is 2.19. The van der Waals surface area contributed by atoms with Crippen molar-refractivity contribution < 1.29 is 9.90 Å². The molecule has 1 aliphatic carbocycles. The van der Waals surface area contributed by atoms with Crippen LogP contribution in [0.3, 0.4) is 0 Å². The molecule has 1 fully saturated rings. The summed E-state index contributed by atoms with van der Waals surface area (Å²) in [6, 6.07) is 5.43. The molecule has 1 aliphatic rings. The van der Waals surface area contributed by atoms with Crippen molar-refractivity contribution in [3.8, 4) is 0 Å². The Bertz CT molecular complexity index is 667. The van der Waals surface area contributed by atoms with Crippen LogP contribution < -0.4 is 4.90 Å². The first-order valence-corrected chi connectivity index (χ1v) is 6.79. The van der Waals surface area contributed by atoms with Crippen molar-refractivity contribution in [1.82, 2.24) is 9.97 Å². The second-order valence-electron chi connectivity index (χ2n) is 5.42. The lowest BCUT2D eigenvalue weighted by Gasteiger charge is -2.26. The van der Waals surface area contributed by atoms with E-state index in [9.17, 15) is 4.79 Å². The van der Waals surface area contributed by atoms with E-state index in [1.54, 1.807) is 18.2 Å². The molecule has 20 heavy (non-hydrogen) atoms. The van der Waals surface area contributed by atoms with E-state index in [0.717, 1.165) is 17.1 Å². The quantitative estimate of drug-likeness (QED) is 0.925. The summed E-state index contributed by atoms with van der Waals surface area (Å²) in [7, 11) is 2.04. The lowest BCUT2D eigenvalue weighted by molar-refractivity contribution is 0.0697. The molecule has 1 N–H and O–H groups in total. The summed E-state index contributed by atoms with van der Waals surface area (Å²) < 4.78 is 0. The van der Waals surface area contributed by atoms with E-state index in [4.69, 9.17) is 5.11 Å². The number of benzene rings is 1. The SMILES string of the molecule is CC(C1CC1)N(C)c1ncnc2cc(C(=O)O)ccc12.